The van der Waals surface area contributed by atoms with Gasteiger partial charge in [0.15, 0.2) is 5.82 Å². The molecule has 5 nitrogen and oxygen atoms in total. The van der Waals surface area contributed by atoms with E-state index in [1.165, 1.54) is 0 Å². The molecule has 1 heterocycles. The van der Waals surface area contributed by atoms with Crippen molar-refractivity contribution in [1.82, 2.24) is 9.97 Å². The predicted molar refractivity (Wildman–Crippen MR) is 70.6 cm³/mol. The van der Waals surface area contributed by atoms with E-state index in [9.17, 15) is 0 Å². The van der Waals surface area contributed by atoms with E-state index in [2.05, 4.69) is 26.7 Å². The van der Waals surface area contributed by atoms with Crippen LogP contribution in [0.25, 0.3) is 0 Å². The normalized spacial score (nSPS) is 9.56. The van der Waals surface area contributed by atoms with Crippen molar-refractivity contribution < 1.29 is 0 Å². The smallest absolute Gasteiger partial charge is 0.151 e. The third-order valence-electron chi connectivity index (χ3n) is 2.28. The molecule has 0 fully saturated rings. The summed E-state index contributed by atoms with van der Waals surface area (Å²) < 4.78 is 0. The lowest BCUT2D eigenvalue weighted by molar-refractivity contribution is 1.12. The molecule has 90 valence electrons. The summed E-state index contributed by atoms with van der Waals surface area (Å²) in [5, 5.41) is 14.9. The van der Waals surface area contributed by atoms with E-state index >= 15 is 0 Å². The molecule has 0 aliphatic heterocycles. The number of hydrogen-bond acceptors (Lipinski definition) is 5. The number of anilines is 3. The van der Waals surface area contributed by atoms with Crippen molar-refractivity contribution in [2.24, 2.45) is 0 Å². The van der Waals surface area contributed by atoms with Gasteiger partial charge in [-0.15, -0.1) is 0 Å². The van der Waals surface area contributed by atoms with Crippen LogP contribution in [-0.2, 0) is 0 Å². The quantitative estimate of drug-likeness (QED) is 0.857. The van der Waals surface area contributed by atoms with Crippen molar-refractivity contribution >= 4 is 17.3 Å². The molecule has 0 bridgehead atoms. The van der Waals surface area contributed by atoms with Crippen LogP contribution in [0.5, 0.6) is 0 Å². The van der Waals surface area contributed by atoms with Crippen LogP contribution < -0.4 is 10.6 Å². The Labute approximate surface area is 106 Å². The zero-order chi connectivity index (χ0) is 12.8. The summed E-state index contributed by atoms with van der Waals surface area (Å²) in [6, 6.07) is 9.25. The highest BCUT2D eigenvalue weighted by Gasteiger charge is 1.99. The molecule has 0 spiro atoms. The molecule has 2 aromatic rings. The SMILES string of the molecule is CCNc1cncc(Nc2ccc(C#N)cc2)n1. The van der Waals surface area contributed by atoms with Gasteiger partial charge >= 0.3 is 0 Å². The lowest BCUT2D eigenvalue weighted by Crippen LogP contribution is -2.02. The first-order valence-electron chi connectivity index (χ1n) is 5.65. The predicted octanol–water partition coefficient (Wildman–Crippen LogP) is 2.52. The molecule has 0 amide bonds. The Morgan fingerprint density at radius 1 is 1.17 bits per heavy atom. The zero-order valence-electron chi connectivity index (χ0n) is 10.0. The maximum Gasteiger partial charge on any atom is 0.151 e. The second-order valence-electron chi connectivity index (χ2n) is 3.63. The standard InChI is InChI=1S/C13H13N5/c1-2-16-12-8-15-9-13(18-12)17-11-5-3-10(7-14)4-6-11/h3-6,8-9H,2H2,1H3,(H2,16,17,18). The third-order valence-corrected chi connectivity index (χ3v) is 2.28. The summed E-state index contributed by atoms with van der Waals surface area (Å²) >= 11 is 0. The number of hydrogen-bond donors (Lipinski definition) is 2. The number of aromatic nitrogens is 2. The van der Waals surface area contributed by atoms with E-state index in [1.54, 1.807) is 24.5 Å². The molecule has 0 atom stereocenters. The minimum absolute atomic E-state index is 0.632. The van der Waals surface area contributed by atoms with Gasteiger partial charge in [0.25, 0.3) is 0 Å². The first-order chi connectivity index (χ1) is 8.81. The number of benzene rings is 1. The molecule has 0 aliphatic rings. The number of nitrogens with zero attached hydrogens (tertiary/aromatic N) is 3. The Kier molecular flexibility index (Phi) is 3.72. The monoisotopic (exact) mass is 239 g/mol. The van der Waals surface area contributed by atoms with E-state index in [0.29, 0.717) is 11.4 Å². The molecule has 5 heteroatoms. The Bertz CT molecular complexity index is 556. The maximum absolute atomic E-state index is 8.71. The fraction of sp³-hybridized carbons (Fsp3) is 0.154. The van der Waals surface area contributed by atoms with Gasteiger partial charge in [0.2, 0.25) is 0 Å². The van der Waals surface area contributed by atoms with Crippen LogP contribution in [0.1, 0.15) is 12.5 Å². The molecule has 0 aliphatic carbocycles. The molecule has 0 saturated heterocycles. The Morgan fingerprint density at radius 2 is 1.89 bits per heavy atom. The minimum Gasteiger partial charge on any atom is -0.369 e. The summed E-state index contributed by atoms with van der Waals surface area (Å²) in [5.41, 5.74) is 1.50. The molecule has 0 radical (unpaired) electrons. The van der Waals surface area contributed by atoms with Crippen molar-refractivity contribution in [3.8, 4) is 6.07 Å². The Morgan fingerprint density at radius 3 is 2.56 bits per heavy atom. The molecule has 1 aromatic heterocycles. The van der Waals surface area contributed by atoms with Crippen molar-refractivity contribution in [2.45, 2.75) is 6.92 Å². The van der Waals surface area contributed by atoms with E-state index in [-0.39, 0.29) is 0 Å². The van der Waals surface area contributed by atoms with E-state index < -0.39 is 0 Å². The molecule has 0 saturated carbocycles. The van der Waals surface area contributed by atoms with Gasteiger partial charge in [-0.2, -0.15) is 5.26 Å². The lowest BCUT2D eigenvalue weighted by atomic mass is 10.2. The zero-order valence-corrected chi connectivity index (χ0v) is 10.0. The minimum atomic E-state index is 0.632. The summed E-state index contributed by atoms with van der Waals surface area (Å²) in [6.07, 6.45) is 3.33. The highest BCUT2D eigenvalue weighted by atomic mass is 15.1. The first-order valence-corrected chi connectivity index (χ1v) is 5.65. The highest BCUT2D eigenvalue weighted by Crippen LogP contribution is 2.15. The largest absolute Gasteiger partial charge is 0.369 e. The number of nitriles is 1. The second-order valence-corrected chi connectivity index (χ2v) is 3.63. The van der Waals surface area contributed by atoms with Crippen LogP contribution >= 0.6 is 0 Å². The van der Waals surface area contributed by atoms with Crippen LogP contribution in [0.2, 0.25) is 0 Å². The fourth-order valence-corrected chi connectivity index (χ4v) is 1.47. The molecular weight excluding hydrogens is 226 g/mol. The summed E-state index contributed by atoms with van der Waals surface area (Å²) in [6.45, 7) is 2.80. The van der Waals surface area contributed by atoms with Gasteiger partial charge in [-0.1, -0.05) is 0 Å². The van der Waals surface area contributed by atoms with E-state index in [4.69, 9.17) is 5.26 Å². The Balaban J connectivity index is 2.12. The van der Waals surface area contributed by atoms with E-state index in [1.807, 2.05) is 19.1 Å². The average molecular weight is 239 g/mol. The fourth-order valence-electron chi connectivity index (χ4n) is 1.47. The average Bonchev–Trinajstić information content (AvgIpc) is 2.40. The van der Waals surface area contributed by atoms with Crippen molar-refractivity contribution in [3.63, 3.8) is 0 Å². The topological polar surface area (TPSA) is 73.6 Å². The first kappa shape index (κ1) is 11.9. The van der Waals surface area contributed by atoms with Crippen molar-refractivity contribution in [1.29, 1.82) is 5.26 Å². The van der Waals surface area contributed by atoms with Gasteiger partial charge in [-0.3, -0.25) is 4.98 Å². The van der Waals surface area contributed by atoms with Crippen LogP contribution in [0, 0.1) is 11.3 Å². The van der Waals surface area contributed by atoms with Crippen LogP contribution in [0.4, 0.5) is 17.3 Å². The molecule has 0 unspecified atom stereocenters. The summed E-state index contributed by atoms with van der Waals surface area (Å²) in [5.74, 6) is 1.40. The van der Waals surface area contributed by atoms with Gasteiger partial charge in [0.05, 0.1) is 24.0 Å². The van der Waals surface area contributed by atoms with Crippen molar-refractivity contribution in [2.75, 3.05) is 17.2 Å². The van der Waals surface area contributed by atoms with Crippen LogP contribution in [0.15, 0.2) is 36.7 Å². The van der Waals surface area contributed by atoms with Gasteiger partial charge < -0.3 is 10.6 Å². The number of rotatable bonds is 4. The van der Waals surface area contributed by atoms with Crippen molar-refractivity contribution in [3.05, 3.63) is 42.2 Å². The second kappa shape index (κ2) is 5.64. The summed E-state index contributed by atoms with van der Waals surface area (Å²) in [7, 11) is 0. The lowest BCUT2D eigenvalue weighted by Gasteiger charge is -2.07. The van der Waals surface area contributed by atoms with Gasteiger partial charge in [0, 0.05) is 12.2 Å². The molecule has 2 N–H and O–H groups in total. The molecular formula is C13H13N5. The van der Waals surface area contributed by atoms with Gasteiger partial charge in [-0.05, 0) is 31.2 Å². The summed E-state index contributed by atoms with van der Waals surface area (Å²) in [4.78, 5) is 8.44. The van der Waals surface area contributed by atoms with Gasteiger partial charge in [-0.25, -0.2) is 4.98 Å². The van der Waals surface area contributed by atoms with E-state index in [0.717, 1.165) is 18.1 Å². The van der Waals surface area contributed by atoms with Crippen LogP contribution in [-0.4, -0.2) is 16.5 Å². The highest BCUT2D eigenvalue weighted by molar-refractivity contribution is 5.57. The molecule has 2 rings (SSSR count). The van der Waals surface area contributed by atoms with Gasteiger partial charge in [0.1, 0.15) is 5.82 Å². The molecule has 1 aromatic carbocycles. The maximum atomic E-state index is 8.71. The number of nitrogens with one attached hydrogen (secondary N) is 2. The molecule has 18 heavy (non-hydrogen) atoms. The Hall–Kier alpha value is -2.61. The van der Waals surface area contributed by atoms with Crippen LogP contribution in [0.3, 0.4) is 0 Å². The third kappa shape index (κ3) is 2.95.